The van der Waals surface area contributed by atoms with Gasteiger partial charge in [-0.2, -0.15) is 5.10 Å². The first-order valence-corrected chi connectivity index (χ1v) is 9.03. The van der Waals surface area contributed by atoms with Crippen molar-refractivity contribution in [1.29, 1.82) is 0 Å². The Labute approximate surface area is 147 Å². The van der Waals surface area contributed by atoms with Gasteiger partial charge in [-0.3, -0.25) is 14.8 Å². The summed E-state index contributed by atoms with van der Waals surface area (Å²) in [6.45, 7) is 5.21. The molecule has 2 aromatic rings. The number of rotatable bonds is 4. The summed E-state index contributed by atoms with van der Waals surface area (Å²) in [7, 11) is 0. The molecule has 0 radical (unpaired) electrons. The number of aromatic nitrogens is 2. The van der Waals surface area contributed by atoms with Crippen LogP contribution in [0.2, 0.25) is 0 Å². The number of nitrogens with zero attached hydrogens (tertiary/aromatic N) is 3. The number of aromatic amines is 1. The second-order valence-corrected chi connectivity index (χ2v) is 6.75. The van der Waals surface area contributed by atoms with Crippen LogP contribution in [-0.2, 0) is 4.74 Å². The summed E-state index contributed by atoms with van der Waals surface area (Å²) >= 11 is 0. The molecule has 2 fully saturated rings. The summed E-state index contributed by atoms with van der Waals surface area (Å²) in [6.07, 6.45) is 4.35. The van der Waals surface area contributed by atoms with Crippen molar-refractivity contribution in [2.45, 2.75) is 18.9 Å². The van der Waals surface area contributed by atoms with Crippen LogP contribution >= 0.6 is 0 Å². The van der Waals surface area contributed by atoms with Crippen LogP contribution in [0.15, 0.2) is 36.5 Å². The van der Waals surface area contributed by atoms with Gasteiger partial charge in [-0.1, -0.05) is 30.3 Å². The summed E-state index contributed by atoms with van der Waals surface area (Å²) in [5.74, 6) is 0.0596. The van der Waals surface area contributed by atoms with Crippen molar-refractivity contribution in [2.24, 2.45) is 0 Å². The Morgan fingerprint density at radius 2 is 2.00 bits per heavy atom. The van der Waals surface area contributed by atoms with Crippen LogP contribution in [0, 0.1) is 0 Å². The van der Waals surface area contributed by atoms with E-state index in [-0.39, 0.29) is 5.91 Å². The SMILES string of the molecule is O=C(c1cn[nH]c1-c1ccccc1)N1CCN(CC2CCCO2)CC1. The molecule has 6 nitrogen and oxygen atoms in total. The van der Waals surface area contributed by atoms with Crippen LogP contribution in [0.4, 0.5) is 0 Å². The highest BCUT2D eigenvalue weighted by Gasteiger charge is 2.27. The molecule has 3 heterocycles. The standard InChI is InChI=1S/C19H24N4O2/c24-19(17-13-20-21-18(17)15-5-2-1-3-6-15)23-10-8-22(9-11-23)14-16-7-4-12-25-16/h1-3,5-6,13,16H,4,7-12,14H2,(H,20,21). The zero-order chi connectivity index (χ0) is 17.1. The van der Waals surface area contributed by atoms with Gasteiger partial charge in [-0.15, -0.1) is 0 Å². The first kappa shape index (κ1) is 16.3. The zero-order valence-corrected chi connectivity index (χ0v) is 14.4. The molecule has 2 aliphatic heterocycles. The van der Waals surface area contributed by atoms with Gasteiger partial charge in [0.15, 0.2) is 0 Å². The fourth-order valence-electron chi connectivity index (χ4n) is 3.65. The molecule has 1 amide bonds. The summed E-state index contributed by atoms with van der Waals surface area (Å²) in [4.78, 5) is 17.3. The lowest BCUT2D eigenvalue weighted by molar-refractivity contribution is 0.0433. The van der Waals surface area contributed by atoms with Crippen LogP contribution in [0.3, 0.4) is 0 Å². The van der Waals surface area contributed by atoms with Crippen molar-refractivity contribution in [3.05, 3.63) is 42.1 Å². The smallest absolute Gasteiger partial charge is 0.257 e. The van der Waals surface area contributed by atoms with Gasteiger partial charge in [0.1, 0.15) is 0 Å². The number of nitrogens with one attached hydrogen (secondary N) is 1. The third kappa shape index (κ3) is 3.60. The molecule has 0 bridgehead atoms. The lowest BCUT2D eigenvalue weighted by Crippen LogP contribution is -2.50. The number of hydrogen-bond donors (Lipinski definition) is 1. The third-order valence-corrected chi connectivity index (χ3v) is 5.08. The van der Waals surface area contributed by atoms with Gasteiger partial charge in [0.05, 0.1) is 23.6 Å². The van der Waals surface area contributed by atoms with Crippen molar-refractivity contribution in [2.75, 3.05) is 39.3 Å². The maximum absolute atomic E-state index is 12.9. The molecule has 2 aliphatic rings. The van der Waals surface area contributed by atoms with Crippen molar-refractivity contribution >= 4 is 5.91 Å². The lowest BCUT2D eigenvalue weighted by atomic mass is 10.1. The van der Waals surface area contributed by atoms with E-state index in [1.807, 2.05) is 35.2 Å². The second kappa shape index (κ2) is 7.37. The summed E-state index contributed by atoms with van der Waals surface area (Å²) in [5, 5.41) is 7.07. The number of piperazine rings is 1. The van der Waals surface area contributed by atoms with E-state index in [0.29, 0.717) is 11.7 Å². The Bertz CT molecular complexity index is 701. The van der Waals surface area contributed by atoms with Crippen LogP contribution in [-0.4, -0.2) is 71.3 Å². The van der Waals surface area contributed by atoms with Crippen molar-refractivity contribution in [1.82, 2.24) is 20.0 Å². The maximum Gasteiger partial charge on any atom is 0.257 e. The van der Waals surface area contributed by atoms with E-state index in [0.717, 1.165) is 57.0 Å². The molecule has 2 saturated heterocycles. The molecule has 1 aromatic heterocycles. The van der Waals surface area contributed by atoms with Crippen molar-refractivity contribution in [3.63, 3.8) is 0 Å². The molecule has 0 aliphatic carbocycles. The first-order chi connectivity index (χ1) is 12.3. The number of amides is 1. The zero-order valence-electron chi connectivity index (χ0n) is 14.4. The normalized spacial score (nSPS) is 21.6. The topological polar surface area (TPSA) is 61.5 Å². The van der Waals surface area contributed by atoms with Crippen molar-refractivity contribution in [3.8, 4) is 11.3 Å². The average Bonchev–Trinajstić information content (AvgIpc) is 3.34. The van der Waals surface area contributed by atoms with Crippen LogP contribution in [0.5, 0.6) is 0 Å². The van der Waals surface area contributed by atoms with Gasteiger partial charge >= 0.3 is 0 Å². The van der Waals surface area contributed by atoms with Crippen LogP contribution in [0.25, 0.3) is 11.3 Å². The number of benzene rings is 1. The molecule has 1 unspecified atom stereocenters. The van der Waals surface area contributed by atoms with Crippen LogP contribution in [0.1, 0.15) is 23.2 Å². The predicted octanol–water partition coefficient (Wildman–Crippen LogP) is 2.01. The van der Waals surface area contributed by atoms with E-state index < -0.39 is 0 Å². The Hall–Kier alpha value is -2.18. The number of ether oxygens (including phenoxy) is 1. The first-order valence-electron chi connectivity index (χ1n) is 9.03. The van der Waals surface area contributed by atoms with E-state index in [4.69, 9.17) is 4.74 Å². The molecule has 1 aromatic carbocycles. The fourth-order valence-corrected chi connectivity index (χ4v) is 3.65. The molecular weight excluding hydrogens is 316 g/mol. The highest BCUT2D eigenvalue weighted by molar-refractivity contribution is 5.99. The number of carbonyl (C=O) groups is 1. The highest BCUT2D eigenvalue weighted by atomic mass is 16.5. The van der Waals surface area contributed by atoms with Gasteiger partial charge in [0.25, 0.3) is 5.91 Å². The molecule has 0 spiro atoms. The van der Waals surface area contributed by atoms with Crippen LogP contribution < -0.4 is 0 Å². The van der Waals surface area contributed by atoms with Gasteiger partial charge in [-0.25, -0.2) is 0 Å². The Morgan fingerprint density at radius 3 is 2.72 bits per heavy atom. The lowest BCUT2D eigenvalue weighted by Gasteiger charge is -2.35. The van der Waals surface area contributed by atoms with E-state index in [2.05, 4.69) is 15.1 Å². The third-order valence-electron chi connectivity index (χ3n) is 5.08. The number of H-pyrrole nitrogens is 1. The van der Waals surface area contributed by atoms with Gasteiger partial charge in [0, 0.05) is 44.9 Å². The Morgan fingerprint density at radius 1 is 1.20 bits per heavy atom. The molecule has 25 heavy (non-hydrogen) atoms. The van der Waals surface area contributed by atoms with E-state index in [1.165, 1.54) is 6.42 Å². The molecule has 6 heteroatoms. The number of carbonyl (C=O) groups excluding carboxylic acids is 1. The van der Waals surface area contributed by atoms with Gasteiger partial charge < -0.3 is 9.64 Å². The van der Waals surface area contributed by atoms with Gasteiger partial charge in [-0.05, 0) is 12.8 Å². The monoisotopic (exact) mass is 340 g/mol. The van der Waals surface area contributed by atoms with Gasteiger partial charge in [0.2, 0.25) is 0 Å². The molecule has 4 rings (SSSR count). The van der Waals surface area contributed by atoms with E-state index in [1.54, 1.807) is 6.20 Å². The summed E-state index contributed by atoms with van der Waals surface area (Å²) in [6, 6.07) is 9.88. The Balaban J connectivity index is 1.39. The molecule has 1 atom stereocenters. The quantitative estimate of drug-likeness (QED) is 0.925. The molecule has 0 saturated carbocycles. The second-order valence-electron chi connectivity index (χ2n) is 6.75. The minimum absolute atomic E-state index is 0.0596. The minimum Gasteiger partial charge on any atom is -0.377 e. The summed E-state index contributed by atoms with van der Waals surface area (Å²) < 4.78 is 5.72. The number of hydrogen-bond acceptors (Lipinski definition) is 4. The minimum atomic E-state index is 0.0596. The average molecular weight is 340 g/mol. The van der Waals surface area contributed by atoms with Crippen molar-refractivity contribution < 1.29 is 9.53 Å². The molecule has 132 valence electrons. The largest absolute Gasteiger partial charge is 0.377 e. The highest BCUT2D eigenvalue weighted by Crippen LogP contribution is 2.22. The predicted molar refractivity (Wildman–Crippen MR) is 95.3 cm³/mol. The molecular formula is C19H24N4O2. The maximum atomic E-state index is 12.9. The van der Waals surface area contributed by atoms with E-state index in [9.17, 15) is 4.79 Å². The Kier molecular flexibility index (Phi) is 4.81. The van der Waals surface area contributed by atoms with E-state index >= 15 is 0 Å². The molecule has 1 N–H and O–H groups in total. The summed E-state index contributed by atoms with van der Waals surface area (Å²) in [5.41, 5.74) is 2.44. The fraction of sp³-hybridized carbons (Fsp3) is 0.474.